The molecule has 1 aliphatic heterocycles. The van der Waals surface area contributed by atoms with Crippen molar-refractivity contribution in [3.05, 3.63) is 28.8 Å². The van der Waals surface area contributed by atoms with Crippen molar-refractivity contribution in [2.45, 2.75) is 32.4 Å². The molecule has 18 heavy (non-hydrogen) atoms. The zero-order valence-electron chi connectivity index (χ0n) is 10.9. The van der Waals surface area contributed by atoms with Gasteiger partial charge in [-0.1, -0.05) is 11.6 Å². The Balaban J connectivity index is 2.18. The van der Waals surface area contributed by atoms with Crippen LogP contribution in [0.3, 0.4) is 0 Å². The Morgan fingerprint density at radius 2 is 2.28 bits per heavy atom. The lowest BCUT2D eigenvalue weighted by atomic mass is 10.1. The molecule has 0 saturated carbocycles. The predicted octanol–water partition coefficient (Wildman–Crippen LogP) is 3.22. The van der Waals surface area contributed by atoms with Crippen LogP contribution in [-0.2, 0) is 4.74 Å². The summed E-state index contributed by atoms with van der Waals surface area (Å²) in [6.45, 7) is 6.86. The molecule has 1 fully saturated rings. The van der Waals surface area contributed by atoms with E-state index in [9.17, 15) is 5.11 Å². The van der Waals surface area contributed by atoms with Crippen LogP contribution in [0.4, 0.5) is 0 Å². The van der Waals surface area contributed by atoms with Crippen LogP contribution in [0.1, 0.15) is 31.9 Å². The van der Waals surface area contributed by atoms with Crippen LogP contribution in [0.2, 0.25) is 5.02 Å². The van der Waals surface area contributed by atoms with Gasteiger partial charge in [0.2, 0.25) is 0 Å². The molecule has 1 aromatic rings. The lowest BCUT2D eigenvalue weighted by molar-refractivity contribution is 0.0618. The molecule has 0 aliphatic carbocycles. The normalized spacial score (nSPS) is 23.6. The van der Waals surface area contributed by atoms with Crippen LogP contribution < -0.4 is 0 Å². The topological polar surface area (TPSA) is 32.7 Å². The maximum absolute atomic E-state index is 9.96. The highest BCUT2D eigenvalue weighted by Gasteiger charge is 2.22. The van der Waals surface area contributed by atoms with Crippen LogP contribution in [0, 0.1) is 0 Å². The second-order valence-electron chi connectivity index (χ2n) is 4.91. The summed E-state index contributed by atoms with van der Waals surface area (Å²) < 4.78 is 5.64. The monoisotopic (exact) mass is 269 g/mol. The van der Waals surface area contributed by atoms with Gasteiger partial charge in [-0.3, -0.25) is 4.90 Å². The van der Waals surface area contributed by atoms with Crippen molar-refractivity contribution >= 4 is 11.6 Å². The first kappa shape index (κ1) is 13.7. The number of benzene rings is 1. The minimum absolute atomic E-state index is 0.146. The molecule has 1 heterocycles. The highest BCUT2D eigenvalue weighted by Crippen LogP contribution is 2.31. The minimum atomic E-state index is 0.146. The van der Waals surface area contributed by atoms with Crippen molar-refractivity contribution in [2.24, 2.45) is 0 Å². The Hall–Kier alpha value is -0.770. The van der Waals surface area contributed by atoms with Crippen molar-refractivity contribution in [3.8, 4) is 5.75 Å². The molecule has 4 heteroatoms. The number of hydrogen-bond donors (Lipinski definition) is 1. The number of phenols is 1. The summed E-state index contributed by atoms with van der Waals surface area (Å²) in [5, 5.41) is 10.6. The maximum atomic E-state index is 9.96. The van der Waals surface area contributed by atoms with E-state index in [1.165, 1.54) is 0 Å². The highest BCUT2D eigenvalue weighted by atomic mass is 35.5. The summed E-state index contributed by atoms with van der Waals surface area (Å²) in [5.41, 5.74) is 0.886. The van der Waals surface area contributed by atoms with Gasteiger partial charge >= 0.3 is 0 Å². The van der Waals surface area contributed by atoms with Crippen molar-refractivity contribution in [3.63, 3.8) is 0 Å². The van der Waals surface area contributed by atoms with Gasteiger partial charge in [0.05, 0.1) is 6.10 Å². The molecule has 3 nitrogen and oxygen atoms in total. The zero-order chi connectivity index (χ0) is 13.1. The fourth-order valence-corrected chi connectivity index (χ4v) is 2.62. The van der Waals surface area contributed by atoms with Gasteiger partial charge in [0, 0.05) is 36.3 Å². The van der Waals surface area contributed by atoms with E-state index >= 15 is 0 Å². The lowest BCUT2D eigenvalue weighted by Gasteiger charge is -2.29. The summed E-state index contributed by atoms with van der Waals surface area (Å²) in [7, 11) is 0. The van der Waals surface area contributed by atoms with E-state index in [2.05, 4.69) is 18.7 Å². The highest BCUT2D eigenvalue weighted by molar-refractivity contribution is 6.30. The molecule has 0 radical (unpaired) electrons. The van der Waals surface area contributed by atoms with Gasteiger partial charge in [-0.25, -0.2) is 0 Å². The first-order valence-corrected chi connectivity index (χ1v) is 6.80. The van der Waals surface area contributed by atoms with Gasteiger partial charge < -0.3 is 9.84 Å². The molecule has 1 saturated heterocycles. The number of hydrogen-bond acceptors (Lipinski definition) is 3. The second-order valence-corrected chi connectivity index (χ2v) is 5.35. The maximum Gasteiger partial charge on any atom is 0.120 e. The predicted molar refractivity (Wildman–Crippen MR) is 73.1 cm³/mol. The number of aromatic hydroxyl groups is 1. The van der Waals surface area contributed by atoms with Crippen LogP contribution in [-0.4, -0.2) is 35.8 Å². The quantitative estimate of drug-likeness (QED) is 0.895. The number of ether oxygens (including phenoxy) is 1. The van der Waals surface area contributed by atoms with Gasteiger partial charge in [-0.2, -0.15) is 0 Å². The van der Waals surface area contributed by atoms with Gasteiger partial charge in [0.1, 0.15) is 5.75 Å². The average molecular weight is 270 g/mol. The third kappa shape index (κ3) is 3.16. The van der Waals surface area contributed by atoms with Crippen LogP contribution >= 0.6 is 11.6 Å². The zero-order valence-corrected chi connectivity index (χ0v) is 11.7. The third-order valence-corrected chi connectivity index (χ3v) is 3.71. The van der Waals surface area contributed by atoms with Crippen molar-refractivity contribution in [2.75, 3.05) is 19.7 Å². The summed E-state index contributed by atoms with van der Waals surface area (Å²) in [4.78, 5) is 2.34. The van der Waals surface area contributed by atoms with E-state index in [-0.39, 0.29) is 12.1 Å². The molecule has 1 N–H and O–H groups in total. The first-order valence-electron chi connectivity index (χ1n) is 6.42. The molecule has 100 valence electrons. The van der Waals surface area contributed by atoms with E-state index in [4.69, 9.17) is 16.3 Å². The fraction of sp³-hybridized carbons (Fsp3) is 0.571. The molecule has 2 unspecified atom stereocenters. The van der Waals surface area contributed by atoms with Gasteiger partial charge in [-0.15, -0.1) is 0 Å². The Morgan fingerprint density at radius 3 is 3.06 bits per heavy atom. The second kappa shape index (κ2) is 5.91. The molecule has 1 aliphatic rings. The Morgan fingerprint density at radius 1 is 1.50 bits per heavy atom. The molecule has 0 spiro atoms. The first-order chi connectivity index (χ1) is 8.58. The summed E-state index contributed by atoms with van der Waals surface area (Å²) in [6, 6.07) is 5.36. The lowest BCUT2D eigenvalue weighted by Crippen LogP contribution is -2.32. The van der Waals surface area contributed by atoms with E-state index in [1.807, 2.05) is 6.07 Å². The van der Waals surface area contributed by atoms with Crippen molar-refractivity contribution in [1.82, 2.24) is 4.90 Å². The summed E-state index contributed by atoms with van der Waals surface area (Å²) >= 11 is 6.01. The SMILES string of the molecule is CC1CN(C(C)c2cc(Cl)ccc2O)CCCO1. The molecule has 1 aromatic carbocycles. The molecule has 0 bridgehead atoms. The average Bonchev–Trinajstić information content (AvgIpc) is 2.56. The number of phenolic OH excluding ortho intramolecular Hbond substituents is 1. The van der Waals surface area contributed by atoms with Gasteiger partial charge in [0.25, 0.3) is 0 Å². The van der Waals surface area contributed by atoms with Gasteiger partial charge in [-0.05, 0) is 38.5 Å². The Kier molecular flexibility index (Phi) is 4.49. The van der Waals surface area contributed by atoms with Crippen LogP contribution in [0.5, 0.6) is 5.75 Å². The largest absolute Gasteiger partial charge is 0.508 e. The molecule has 2 atom stereocenters. The summed E-state index contributed by atoms with van der Waals surface area (Å²) in [6.07, 6.45) is 1.26. The number of nitrogens with zero attached hydrogens (tertiary/aromatic N) is 1. The van der Waals surface area contributed by atoms with E-state index in [0.717, 1.165) is 31.7 Å². The molecule has 0 amide bonds. The van der Waals surface area contributed by atoms with E-state index in [1.54, 1.807) is 12.1 Å². The van der Waals surface area contributed by atoms with Crippen molar-refractivity contribution in [1.29, 1.82) is 0 Å². The molecular weight excluding hydrogens is 250 g/mol. The smallest absolute Gasteiger partial charge is 0.120 e. The molecule has 0 aromatic heterocycles. The Labute approximate surface area is 113 Å². The van der Waals surface area contributed by atoms with E-state index < -0.39 is 0 Å². The van der Waals surface area contributed by atoms with E-state index in [0.29, 0.717) is 10.8 Å². The standard InChI is InChI=1S/C14H20ClNO2/c1-10-9-16(6-3-7-18-10)11(2)13-8-12(15)4-5-14(13)17/h4-5,8,10-11,17H,3,6-7,9H2,1-2H3. The van der Waals surface area contributed by atoms with Crippen LogP contribution in [0.15, 0.2) is 18.2 Å². The molecular formula is C14H20ClNO2. The molecule has 2 rings (SSSR count). The van der Waals surface area contributed by atoms with Crippen molar-refractivity contribution < 1.29 is 9.84 Å². The minimum Gasteiger partial charge on any atom is -0.508 e. The number of halogens is 1. The Bertz CT molecular complexity index is 411. The fourth-order valence-electron chi connectivity index (χ4n) is 2.43. The summed E-state index contributed by atoms with van der Waals surface area (Å²) in [5.74, 6) is 0.310. The van der Waals surface area contributed by atoms with Gasteiger partial charge in [0.15, 0.2) is 0 Å². The third-order valence-electron chi connectivity index (χ3n) is 3.47. The van der Waals surface area contributed by atoms with Crippen LogP contribution in [0.25, 0.3) is 0 Å². The number of rotatable bonds is 2.